The van der Waals surface area contributed by atoms with Crippen molar-refractivity contribution in [3.8, 4) is 11.5 Å². The third-order valence-electron chi connectivity index (χ3n) is 3.49. The van der Waals surface area contributed by atoms with Crippen LogP contribution in [0.15, 0.2) is 30.5 Å². The maximum Gasteiger partial charge on any atom is 0.132 e. The van der Waals surface area contributed by atoms with E-state index < -0.39 is 0 Å². The van der Waals surface area contributed by atoms with E-state index in [1.165, 1.54) is 0 Å². The number of halogens is 1. The Kier molecular flexibility index (Phi) is 5.67. The first-order chi connectivity index (χ1) is 10.2. The summed E-state index contributed by atoms with van der Waals surface area (Å²) < 4.78 is 13.1. The first-order valence-corrected chi connectivity index (χ1v) is 8.19. The summed E-state index contributed by atoms with van der Waals surface area (Å²) in [6.45, 7) is 4.78. The Bertz CT molecular complexity index is 583. The summed E-state index contributed by atoms with van der Waals surface area (Å²) in [5.74, 6) is 1.68. The second-order valence-corrected chi connectivity index (χ2v) is 5.50. The number of aromatic nitrogens is 2. The topological polar surface area (TPSA) is 36.3 Å². The van der Waals surface area contributed by atoms with Gasteiger partial charge in [0, 0.05) is 23.1 Å². The number of methoxy groups -OCH3 is 1. The SMILES string of the molecule is CCC(C)n1ccc(COc2ccc(OC)cc2CBr)n1. The first-order valence-electron chi connectivity index (χ1n) is 7.07. The molecular weight excluding hydrogens is 332 g/mol. The van der Waals surface area contributed by atoms with E-state index in [4.69, 9.17) is 9.47 Å². The zero-order valence-electron chi connectivity index (χ0n) is 12.7. The Morgan fingerprint density at radius 2 is 2.14 bits per heavy atom. The lowest BCUT2D eigenvalue weighted by atomic mass is 10.2. The van der Waals surface area contributed by atoms with E-state index in [0.29, 0.717) is 12.6 Å². The molecule has 1 aromatic carbocycles. The lowest BCUT2D eigenvalue weighted by Crippen LogP contribution is -2.06. The van der Waals surface area contributed by atoms with Gasteiger partial charge < -0.3 is 9.47 Å². The van der Waals surface area contributed by atoms with Gasteiger partial charge in [0.2, 0.25) is 0 Å². The fourth-order valence-electron chi connectivity index (χ4n) is 1.97. The summed E-state index contributed by atoms with van der Waals surface area (Å²) in [7, 11) is 1.66. The van der Waals surface area contributed by atoms with Crippen molar-refractivity contribution in [2.75, 3.05) is 7.11 Å². The Morgan fingerprint density at radius 1 is 1.33 bits per heavy atom. The Hall–Kier alpha value is -1.49. The summed E-state index contributed by atoms with van der Waals surface area (Å²) >= 11 is 3.48. The molecule has 0 N–H and O–H groups in total. The highest BCUT2D eigenvalue weighted by Crippen LogP contribution is 2.26. The van der Waals surface area contributed by atoms with E-state index in [1.807, 2.05) is 35.1 Å². The van der Waals surface area contributed by atoms with Crippen molar-refractivity contribution in [2.45, 2.75) is 38.2 Å². The molecule has 2 rings (SSSR count). The normalized spacial score (nSPS) is 12.2. The zero-order valence-corrected chi connectivity index (χ0v) is 14.3. The lowest BCUT2D eigenvalue weighted by Gasteiger charge is -2.11. The van der Waals surface area contributed by atoms with Crippen molar-refractivity contribution < 1.29 is 9.47 Å². The highest BCUT2D eigenvalue weighted by Gasteiger charge is 2.08. The summed E-state index contributed by atoms with van der Waals surface area (Å²) in [5.41, 5.74) is 2.00. The lowest BCUT2D eigenvalue weighted by molar-refractivity contribution is 0.295. The van der Waals surface area contributed by atoms with Crippen LogP contribution >= 0.6 is 15.9 Å². The first kappa shape index (κ1) is 15.9. The van der Waals surface area contributed by atoms with Crippen LogP contribution in [-0.4, -0.2) is 16.9 Å². The highest BCUT2D eigenvalue weighted by molar-refractivity contribution is 9.08. The second-order valence-electron chi connectivity index (χ2n) is 4.94. The Morgan fingerprint density at radius 3 is 2.81 bits per heavy atom. The van der Waals surface area contributed by atoms with Crippen LogP contribution in [0.25, 0.3) is 0 Å². The number of nitrogens with zero attached hydrogens (tertiary/aromatic N) is 2. The number of ether oxygens (including phenoxy) is 2. The van der Waals surface area contributed by atoms with Crippen molar-refractivity contribution in [3.63, 3.8) is 0 Å². The highest BCUT2D eigenvalue weighted by atomic mass is 79.9. The monoisotopic (exact) mass is 352 g/mol. The van der Waals surface area contributed by atoms with Gasteiger partial charge in [0.15, 0.2) is 0 Å². The minimum atomic E-state index is 0.415. The van der Waals surface area contributed by atoms with E-state index >= 15 is 0 Å². The third kappa shape index (κ3) is 4.00. The second kappa shape index (κ2) is 7.50. The average molecular weight is 353 g/mol. The van der Waals surface area contributed by atoms with E-state index in [2.05, 4.69) is 34.9 Å². The molecule has 2 aromatic rings. The molecule has 114 valence electrons. The van der Waals surface area contributed by atoms with Crippen LogP contribution in [0.2, 0.25) is 0 Å². The van der Waals surface area contributed by atoms with Crippen molar-refractivity contribution in [1.29, 1.82) is 0 Å². The number of rotatable bonds is 7. The largest absolute Gasteiger partial charge is 0.497 e. The summed E-state index contributed by atoms with van der Waals surface area (Å²) in [5, 5.41) is 5.26. The maximum absolute atomic E-state index is 5.88. The maximum atomic E-state index is 5.88. The van der Waals surface area contributed by atoms with Gasteiger partial charge in [-0.15, -0.1) is 0 Å². The molecule has 0 radical (unpaired) electrons. The molecule has 0 aliphatic heterocycles. The molecule has 21 heavy (non-hydrogen) atoms. The molecule has 1 atom stereocenters. The molecule has 0 amide bonds. The van der Waals surface area contributed by atoms with E-state index in [0.717, 1.165) is 34.5 Å². The van der Waals surface area contributed by atoms with Crippen LogP contribution in [0, 0.1) is 0 Å². The Balaban J connectivity index is 2.04. The number of alkyl halides is 1. The van der Waals surface area contributed by atoms with Gasteiger partial charge in [-0.05, 0) is 37.6 Å². The molecule has 0 aliphatic carbocycles. The summed E-state index contributed by atoms with van der Waals surface area (Å²) in [6.07, 6.45) is 3.07. The van der Waals surface area contributed by atoms with Gasteiger partial charge in [-0.3, -0.25) is 4.68 Å². The van der Waals surface area contributed by atoms with E-state index in [1.54, 1.807) is 7.11 Å². The smallest absolute Gasteiger partial charge is 0.132 e. The molecule has 1 heterocycles. The molecule has 1 unspecified atom stereocenters. The van der Waals surface area contributed by atoms with Gasteiger partial charge in [-0.2, -0.15) is 5.10 Å². The van der Waals surface area contributed by atoms with Crippen molar-refractivity contribution in [1.82, 2.24) is 9.78 Å². The molecule has 0 bridgehead atoms. The van der Waals surface area contributed by atoms with Crippen molar-refractivity contribution in [2.24, 2.45) is 0 Å². The molecule has 0 saturated carbocycles. The molecule has 4 nitrogen and oxygen atoms in total. The number of benzene rings is 1. The summed E-state index contributed by atoms with van der Waals surface area (Å²) in [6, 6.07) is 8.23. The number of hydrogen-bond donors (Lipinski definition) is 0. The van der Waals surface area contributed by atoms with E-state index in [-0.39, 0.29) is 0 Å². The van der Waals surface area contributed by atoms with Gasteiger partial charge >= 0.3 is 0 Å². The van der Waals surface area contributed by atoms with E-state index in [9.17, 15) is 0 Å². The fraction of sp³-hybridized carbons (Fsp3) is 0.438. The van der Waals surface area contributed by atoms with Crippen LogP contribution in [0.1, 0.15) is 37.6 Å². The summed E-state index contributed by atoms with van der Waals surface area (Å²) in [4.78, 5) is 0. The molecule has 1 aromatic heterocycles. The predicted molar refractivity (Wildman–Crippen MR) is 87.2 cm³/mol. The van der Waals surface area contributed by atoms with Crippen molar-refractivity contribution in [3.05, 3.63) is 41.7 Å². The quantitative estimate of drug-likeness (QED) is 0.695. The molecule has 0 saturated heterocycles. The molecule has 0 fully saturated rings. The Labute approximate surface area is 134 Å². The van der Waals surface area contributed by atoms with Crippen LogP contribution < -0.4 is 9.47 Å². The van der Waals surface area contributed by atoms with Gasteiger partial charge in [-0.1, -0.05) is 22.9 Å². The fourth-order valence-corrected chi connectivity index (χ4v) is 2.40. The molecular formula is C16H21BrN2O2. The van der Waals surface area contributed by atoms with Crippen LogP contribution in [0.4, 0.5) is 0 Å². The van der Waals surface area contributed by atoms with Gasteiger partial charge in [0.25, 0.3) is 0 Å². The standard InChI is InChI=1S/C16H21BrN2O2/c1-4-12(2)19-8-7-14(18-19)11-21-16-6-5-15(20-3)9-13(16)10-17/h5-9,12H,4,10-11H2,1-3H3. The molecule has 0 aliphatic rings. The van der Waals surface area contributed by atoms with Crippen molar-refractivity contribution >= 4 is 15.9 Å². The third-order valence-corrected chi connectivity index (χ3v) is 4.10. The van der Waals surface area contributed by atoms with Gasteiger partial charge in [0.05, 0.1) is 12.8 Å². The van der Waals surface area contributed by atoms with Crippen LogP contribution in [0.3, 0.4) is 0 Å². The van der Waals surface area contributed by atoms with Gasteiger partial charge in [0.1, 0.15) is 18.1 Å². The minimum absolute atomic E-state index is 0.415. The van der Waals surface area contributed by atoms with Crippen LogP contribution in [-0.2, 0) is 11.9 Å². The molecule has 0 spiro atoms. The average Bonchev–Trinajstić information content (AvgIpc) is 3.00. The number of hydrogen-bond acceptors (Lipinski definition) is 3. The zero-order chi connectivity index (χ0) is 15.2. The molecule has 5 heteroatoms. The predicted octanol–water partition coefficient (Wildman–Crippen LogP) is 4.34. The van der Waals surface area contributed by atoms with Gasteiger partial charge in [-0.25, -0.2) is 0 Å². The van der Waals surface area contributed by atoms with Crippen LogP contribution in [0.5, 0.6) is 11.5 Å². The minimum Gasteiger partial charge on any atom is -0.497 e.